The van der Waals surface area contributed by atoms with Crippen molar-refractivity contribution in [3.8, 4) is 12.3 Å². The van der Waals surface area contributed by atoms with Gasteiger partial charge in [0.15, 0.2) is 11.8 Å². The maximum atomic E-state index is 11.9. The van der Waals surface area contributed by atoms with Crippen LogP contribution < -0.4 is 16.3 Å². The lowest BCUT2D eigenvalue weighted by Gasteiger charge is -2.26. The van der Waals surface area contributed by atoms with E-state index in [1.165, 1.54) is 0 Å². The fourth-order valence-electron chi connectivity index (χ4n) is 2.46. The summed E-state index contributed by atoms with van der Waals surface area (Å²) in [6.07, 6.45) is 1.28. The average molecular weight is 419 g/mol. The van der Waals surface area contributed by atoms with Crippen molar-refractivity contribution in [1.82, 2.24) is 14.6 Å². The molecular weight excluding hydrogens is 401 g/mol. The van der Waals surface area contributed by atoms with Crippen LogP contribution in [0.4, 0.5) is 0 Å². The summed E-state index contributed by atoms with van der Waals surface area (Å²) < 4.78 is 22.7. The zero-order valence-corrected chi connectivity index (χ0v) is 15.3. The molecule has 2 heterocycles. The number of carbonyl (C=O) groups is 1. The fraction of sp³-hybridized carbons (Fsp3) is 0.500. The van der Waals surface area contributed by atoms with Crippen molar-refractivity contribution in [2.75, 3.05) is 6.61 Å². The number of terminal acetylenes is 1. The summed E-state index contributed by atoms with van der Waals surface area (Å²) in [7, 11) is -4.61. The molecule has 1 fully saturated rings. The van der Waals surface area contributed by atoms with Gasteiger partial charge in [0.05, 0.1) is 6.61 Å². The number of H-pyrrole nitrogens is 1. The Balaban J connectivity index is 2.21. The van der Waals surface area contributed by atoms with Gasteiger partial charge in [-0.05, 0) is 6.92 Å². The molecule has 1 unspecified atom stereocenters. The highest BCUT2D eigenvalue weighted by molar-refractivity contribution is 7.50. The number of carboxylic acid groups (broad SMARTS) is 1. The lowest BCUT2D eigenvalue weighted by atomic mass is 9.95. The molecule has 1 aliphatic rings. The molecule has 13 nitrogen and oxygen atoms in total. The van der Waals surface area contributed by atoms with Crippen molar-refractivity contribution < 1.29 is 38.8 Å². The molecule has 0 spiro atoms. The van der Waals surface area contributed by atoms with E-state index in [2.05, 4.69) is 0 Å². The quantitative estimate of drug-likeness (QED) is 0.199. The zero-order valence-electron chi connectivity index (χ0n) is 14.4. The minimum absolute atomic E-state index is 0.719. The number of hydrogen-bond acceptors (Lipinski definition) is 8. The Labute approximate surface area is 157 Å². The molecule has 0 saturated carbocycles. The normalized spacial score (nSPS) is 30.3. The van der Waals surface area contributed by atoms with E-state index >= 15 is 0 Å². The SMILES string of the molecule is C#C[C@@]1(O)[C@H](O)[C@@H](COP(=O)(O)N[C@@H](C)C(=O)O)O[C@H]1n1ccc(=O)[nH]c1=O. The minimum Gasteiger partial charge on any atom is -0.480 e. The lowest BCUT2D eigenvalue weighted by Crippen LogP contribution is -2.48. The maximum Gasteiger partial charge on any atom is 0.403 e. The summed E-state index contributed by atoms with van der Waals surface area (Å²) >= 11 is 0. The number of nitrogens with zero attached hydrogens (tertiary/aromatic N) is 1. The van der Waals surface area contributed by atoms with E-state index in [1.54, 1.807) is 0 Å². The van der Waals surface area contributed by atoms with Crippen LogP contribution in [0.2, 0.25) is 0 Å². The molecule has 6 N–H and O–H groups in total. The first kappa shape index (κ1) is 22.0. The number of rotatable bonds is 7. The molecule has 154 valence electrons. The van der Waals surface area contributed by atoms with Crippen LogP contribution in [0.5, 0.6) is 0 Å². The van der Waals surface area contributed by atoms with Gasteiger partial charge < -0.3 is 24.9 Å². The van der Waals surface area contributed by atoms with Crippen molar-refractivity contribution in [3.05, 3.63) is 33.1 Å². The van der Waals surface area contributed by atoms with Crippen LogP contribution in [-0.2, 0) is 18.6 Å². The number of aromatic amines is 1. The zero-order chi connectivity index (χ0) is 21.3. The van der Waals surface area contributed by atoms with E-state index in [1.807, 2.05) is 16.0 Å². The summed E-state index contributed by atoms with van der Waals surface area (Å²) in [5.74, 6) is 0.495. The third-order valence-electron chi connectivity index (χ3n) is 3.96. The van der Waals surface area contributed by atoms with Gasteiger partial charge in [0, 0.05) is 12.3 Å². The molecular formula is C14H18N3O10P. The Hall–Kier alpha value is -2.30. The number of hydrogen-bond donors (Lipinski definition) is 6. The molecule has 0 aliphatic carbocycles. The van der Waals surface area contributed by atoms with Crippen LogP contribution >= 0.6 is 7.75 Å². The smallest absolute Gasteiger partial charge is 0.403 e. The molecule has 1 saturated heterocycles. The van der Waals surface area contributed by atoms with Crippen LogP contribution in [0.3, 0.4) is 0 Å². The van der Waals surface area contributed by atoms with Gasteiger partial charge in [-0.15, -0.1) is 6.42 Å². The Kier molecular flexibility index (Phi) is 6.27. The van der Waals surface area contributed by atoms with Gasteiger partial charge in [-0.2, -0.15) is 0 Å². The number of aliphatic hydroxyl groups excluding tert-OH is 1. The lowest BCUT2D eigenvalue weighted by molar-refractivity contribution is -0.138. The van der Waals surface area contributed by atoms with E-state index < -0.39 is 61.7 Å². The third kappa shape index (κ3) is 4.40. The Morgan fingerprint density at radius 3 is 2.79 bits per heavy atom. The molecule has 14 heteroatoms. The van der Waals surface area contributed by atoms with Gasteiger partial charge in [0.1, 0.15) is 18.2 Å². The first-order valence-electron chi connectivity index (χ1n) is 7.74. The van der Waals surface area contributed by atoms with E-state index in [0.717, 1.165) is 23.8 Å². The van der Waals surface area contributed by atoms with Gasteiger partial charge in [0.25, 0.3) is 5.56 Å². The fourth-order valence-corrected chi connectivity index (χ4v) is 3.48. The van der Waals surface area contributed by atoms with Crippen LogP contribution in [0.1, 0.15) is 13.2 Å². The van der Waals surface area contributed by atoms with Gasteiger partial charge in [0.2, 0.25) is 0 Å². The largest absolute Gasteiger partial charge is 0.480 e. The number of carboxylic acids is 1. The summed E-state index contributed by atoms with van der Waals surface area (Å²) in [6.45, 7) is 0.318. The van der Waals surface area contributed by atoms with E-state index in [0.29, 0.717) is 0 Å². The molecule has 1 aromatic rings. The highest BCUT2D eigenvalue weighted by atomic mass is 31.2. The molecule has 0 bridgehead atoms. The molecule has 0 radical (unpaired) electrons. The predicted molar refractivity (Wildman–Crippen MR) is 91.0 cm³/mol. The Morgan fingerprint density at radius 2 is 2.25 bits per heavy atom. The summed E-state index contributed by atoms with van der Waals surface area (Å²) in [5, 5.41) is 31.4. The molecule has 0 aromatic carbocycles. The number of aromatic nitrogens is 2. The molecule has 0 amide bonds. The first-order chi connectivity index (χ1) is 12.9. The van der Waals surface area contributed by atoms with Crippen LogP contribution in [0, 0.1) is 12.3 Å². The monoisotopic (exact) mass is 419 g/mol. The molecule has 28 heavy (non-hydrogen) atoms. The summed E-state index contributed by atoms with van der Waals surface area (Å²) in [5.41, 5.74) is -4.13. The summed E-state index contributed by atoms with van der Waals surface area (Å²) in [4.78, 5) is 45.4. The highest BCUT2D eigenvalue weighted by Crippen LogP contribution is 2.42. The topological polar surface area (TPSA) is 200 Å². The van der Waals surface area contributed by atoms with Crippen molar-refractivity contribution >= 4 is 13.7 Å². The molecule has 6 atom stereocenters. The number of aliphatic carboxylic acids is 1. The van der Waals surface area contributed by atoms with Gasteiger partial charge in [-0.25, -0.2) is 14.4 Å². The average Bonchev–Trinajstić information content (AvgIpc) is 2.85. The Morgan fingerprint density at radius 1 is 1.61 bits per heavy atom. The predicted octanol–water partition coefficient (Wildman–Crippen LogP) is -2.66. The van der Waals surface area contributed by atoms with Crippen molar-refractivity contribution in [2.24, 2.45) is 0 Å². The first-order valence-corrected chi connectivity index (χ1v) is 9.32. The number of aliphatic hydroxyl groups is 2. The van der Waals surface area contributed by atoms with Crippen molar-refractivity contribution in [1.29, 1.82) is 0 Å². The van der Waals surface area contributed by atoms with Gasteiger partial charge in [-0.1, -0.05) is 5.92 Å². The summed E-state index contributed by atoms with van der Waals surface area (Å²) in [6, 6.07) is -0.461. The molecule has 2 rings (SSSR count). The van der Waals surface area contributed by atoms with E-state index in [9.17, 15) is 34.1 Å². The number of nitrogens with one attached hydrogen (secondary N) is 2. The van der Waals surface area contributed by atoms with Crippen LogP contribution in [0.15, 0.2) is 21.9 Å². The second kappa shape index (κ2) is 7.98. The Bertz CT molecular complexity index is 952. The second-order valence-electron chi connectivity index (χ2n) is 5.96. The second-order valence-corrected chi connectivity index (χ2v) is 7.52. The van der Waals surface area contributed by atoms with Crippen LogP contribution in [-0.4, -0.2) is 66.2 Å². The van der Waals surface area contributed by atoms with Gasteiger partial charge >= 0.3 is 19.4 Å². The van der Waals surface area contributed by atoms with E-state index in [4.69, 9.17) is 20.8 Å². The highest BCUT2D eigenvalue weighted by Gasteiger charge is 2.56. The van der Waals surface area contributed by atoms with Crippen molar-refractivity contribution in [2.45, 2.75) is 37.0 Å². The third-order valence-corrected chi connectivity index (χ3v) is 5.17. The van der Waals surface area contributed by atoms with Crippen LogP contribution in [0.25, 0.3) is 0 Å². The van der Waals surface area contributed by atoms with E-state index in [-0.39, 0.29) is 0 Å². The maximum absolute atomic E-state index is 11.9. The number of ether oxygens (including phenoxy) is 1. The standard InChI is InChI=1S/C14H18N3O10P/c1-3-14(23)10(19)8(6-26-28(24,25)16-7(2)11(20)21)27-12(14)17-5-4-9(18)15-13(17)22/h1,4-5,7-8,10,12,19,23H,6H2,2H3,(H,20,21)(H,15,18,22)(H2,16,24,25)/t7-,8+,10+,12+,14+/m0/s1. The minimum atomic E-state index is -4.61. The molecule has 1 aliphatic heterocycles. The van der Waals surface area contributed by atoms with Crippen molar-refractivity contribution in [3.63, 3.8) is 0 Å². The molecule has 1 aromatic heterocycles. The van der Waals surface area contributed by atoms with Gasteiger partial charge in [-0.3, -0.25) is 23.7 Å².